The van der Waals surface area contributed by atoms with Gasteiger partial charge in [0.15, 0.2) is 0 Å². The fourth-order valence-corrected chi connectivity index (χ4v) is 2.57. The van der Waals surface area contributed by atoms with Gasteiger partial charge in [-0.3, -0.25) is 4.98 Å². The maximum atomic E-state index is 5.80. The van der Waals surface area contributed by atoms with Crippen LogP contribution in [0.2, 0.25) is 0 Å². The lowest BCUT2D eigenvalue weighted by atomic mass is 9.99. The number of hydrogen-bond acceptors (Lipinski definition) is 3. The molecule has 0 aliphatic carbocycles. The van der Waals surface area contributed by atoms with Crippen LogP contribution >= 0.6 is 0 Å². The van der Waals surface area contributed by atoms with Crippen LogP contribution in [0.25, 0.3) is 0 Å². The molecule has 92 valence electrons. The van der Waals surface area contributed by atoms with Gasteiger partial charge in [0.1, 0.15) is 0 Å². The molecule has 1 aliphatic heterocycles. The van der Waals surface area contributed by atoms with E-state index in [0.29, 0.717) is 6.54 Å². The van der Waals surface area contributed by atoms with Crippen LogP contribution in [0.4, 0.5) is 5.69 Å². The molecule has 2 aromatic rings. The number of anilines is 1. The fraction of sp³-hybridized carbons (Fsp3) is 0.267. The van der Waals surface area contributed by atoms with Gasteiger partial charge in [0.25, 0.3) is 0 Å². The number of nitrogens with two attached hydrogens (primary N) is 1. The van der Waals surface area contributed by atoms with E-state index in [0.717, 1.165) is 19.5 Å². The van der Waals surface area contributed by atoms with Crippen LogP contribution in [-0.4, -0.2) is 11.5 Å². The molecule has 1 aromatic heterocycles. The number of aromatic nitrogens is 1. The van der Waals surface area contributed by atoms with E-state index in [-0.39, 0.29) is 0 Å². The van der Waals surface area contributed by atoms with E-state index in [4.69, 9.17) is 5.73 Å². The molecular weight excluding hydrogens is 222 g/mol. The maximum Gasteiger partial charge on any atom is 0.0601 e. The molecule has 0 radical (unpaired) electrons. The first-order chi connectivity index (χ1) is 8.88. The van der Waals surface area contributed by atoms with Crippen molar-refractivity contribution in [2.24, 2.45) is 5.73 Å². The van der Waals surface area contributed by atoms with Gasteiger partial charge in [0.2, 0.25) is 0 Å². The van der Waals surface area contributed by atoms with E-state index in [1.807, 2.05) is 18.5 Å². The number of pyridine rings is 1. The van der Waals surface area contributed by atoms with Gasteiger partial charge in [-0.1, -0.05) is 24.3 Å². The Morgan fingerprint density at radius 1 is 1.17 bits per heavy atom. The minimum absolute atomic E-state index is 0.565. The van der Waals surface area contributed by atoms with Gasteiger partial charge < -0.3 is 10.6 Å². The summed E-state index contributed by atoms with van der Waals surface area (Å²) < 4.78 is 0. The topological polar surface area (TPSA) is 42.1 Å². The Bertz CT molecular complexity index is 551. The van der Waals surface area contributed by atoms with Crippen LogP contribution < -0.4 is 10.6 Å². The van der Waals surface area contributed by atoms with E-state index in [1.54, 1.807) is 0 Å². The number of hydrogen-bond donors (Lipinski definition) is 1. The van der Waals surface area contributed by atoms with Crippen molar-refractivity contribution in [2.45, 2.75) is 19.5 Å². The van der Waals surface area contributed by atoms with Gasteiger partial charge in [-0.15, -0.1) is 0 Å². The van der Waals surface area contributed by atoms with E-state index in [1.165, 1.54) is 22.4 Å². The second-order valence-corrected chi connectivity index (χ2v) is 4.65. The molecule has 2 N–H and O–H groups in total. The van der Waals surface area contributed by atoms with Crippen molar-refractivity contribution in [1.29, 1.82) is 0 Å². The number of rotatable bonds is 2. The third-order valence-corrected chi connectivity index (χ3v) is 3.58. The SMILES string of the molecule is NCc1ccncc1N1CCc2ccccc2C1. The van der Waals surface area contributed by atoms with Gasteiger partial charge in [-0.05, 0) is 29.2 Å². The van der Waals surface area contributed by atoms with Crippen molar-refractivity contribution < 1.29 is 0 Å². The molecular formula is C15H17N3. The highest BCUT2D eigenvalue weighted by Gasteiger charge is 2.17. The standard InChI is InChI=1S/C15H17N3/c16-9-13-5-7-17-10-15(13)18-8-6-12-3-1-2-4-14(12)11-18/h1-5,7,10H,6,8-9,11,16H2. The third-order valence-electron chi connectivity index (χ3n) is 3.58. The van der Waals surface area contributed by atoms with Crippen molar-refractivity contribution in [3.05, 3.63) is 59.4 Å². The number of fused-ring (bicyclic) bond motifs is 1. The lowest BCUT2D eigenvalue weighted by Gasteiger charge is -2.31. The van der Waals surface area contributed by atoms with Crippen LogP contribution in [0.15, 0.2) is 42.7 Å². The summed E-state index contributed by atoms with van der Waals surface area (Å²) in [5, 5.41) is 0. The lowest BCUT2D eigenvalue weighted by Crippen LogP contribution is -2.31. The molecule has 0 saturated carbocycles. The average Bonchev–Trinajstić information content (AvgIpc) is 2.46. The van der Waals surface area contributed by atoms with Gasteiger partial charge in [0.05, 0.1) is 11.9 Å². The largest absolute Gasteiger partial charge is 0.365 e. The molecule has 2 heterocycles. The van der Waals surface area contributed by atoms with Crippen molar-refractivity contribution in [1.82, 2.24) is 4.98 Å². The monoisotopic (exact) mass is 239 g/mol. The number of nitrogens with zero attached hydrogens (tertiary/aromatic N) is 2. The summed E-state index contributed by atoms with van der Waals surface area (Å²) in [6.07, 6.45) is 4.83. The Balaban J connectivity index is 1.92. The predicted molar refractivity (Wildman–Crippen MR) is 73.3 cm³/mol. The van der Waals surface area contributed by atoms with Gasteiger partial charge in [0, 0.05) is 25.8 Å². The van der Waals surface area contributed by atoms with Crippen molar-refractivity contribution in [3.8, 4) is 0 Å². The van der Waals surface area contributed by atoms with E-state index >= 15 is 0 Å². The van der Waals surface area contributed by atoms with Crippen LogP contribution in [0.1, 0.15) is 16.7 Å². The van der Waals surface area contributed by atoms with E-state index in [9.17, 15) is 0 Å². The zero-order valence-corrected chi connectivity index (χ0v) is 10.3. The second-order valence-electron chi connectivity index (χ2n) is 4.65. The molecule has 1 aromatic carbocycles. The summed E-state index contributed by atoms with van der Waals surface area (Å²) in [5.74, 6) is 0. The predicted octanol–water partition coefficient (Wildman–Crippen LogP) is 2.10. The Labute approximate surface area is 107 Å². The first kappa shape index (κ1) is 11.2. The lowest BCUT2D eigenvalue weighted by molar-refractivity contribution is 0.725. The van der Waals surface area contributed by atoms with Crippen LogP contribution in [0.3, 0.4) is 0 Å². The molecule has 0 fully saturated rings. The molecule has 3 rings (SSSR count). The Morgan fingerprint density at radius 3 is 2.83 bits per heavy atom. The van der Waals surface area contributed by atoms with Crippen molar-refractivity contribution in [2.75, 3.05) is 11.4 Å². The first-order valence-corrected chi connectivity index (χ1v) is 6.33. The van der Waals surface area contributed by atoms with Crippen LogP contribution in [0, 0.1) is 0 Å². The fourth-order valence-electron chi connectivity index (χ4n) is 2.57. The average molecular weight is 239 g/mol. The van der Waals surface area contributed by atoms with Gasteiger partial charge in [-0.25, -0.2) is 0 Å². The van der Waals surface area contributed by atoms with E-state index in [2.05, 4.69) is 34.1 Å². The highest BCUT2D eigenvalue weighted by atomic mass is 15.1. The molecule has 0 atom stereocenters. The summed E-state index contributed by atoms with van der Waals surface area (Å²) in [7, 11) is 0. The summed E-state index contributed by atoms with van der Waals surface area (Å²) in [4.78, 5) is 6.60. The van der Waals surface area contributed by atoms with Crippen LogP contribution in [-0.2, 0) is 19.5 Å². The molecule has 1 aliphatic rings. The number of benzene rings is 1. The molecule has 3 heteroatoms. The molecule has 0 saturated heterocycles. The summed E-state index contributed by atoms with van der Waals surface area (Å²) >= 11 is 0. The Kier molecular flexibility index (Phi) is 2.99. The summed E-state index contributed by atoms with van der Waals surface area (Å²) in [5.41, 5.74) is 11.0. The summed E-state index contributed by atoms with van der Waals surface area (Å²) in [6, 6.07) is 10.7. The van der Waals surface area contributed by atoms with Gasteiger partial charge in [-0.2, -0.15) is 0 Å². The molecule has 0 spiro atoms. The van der Waals surface area contributed by atoms with Gasteiger partial charge >= 0.3 is 0 Å². The maximum absolute atomic E-state index is 5.80. The normalized spacial score (nSPS) is 14.4. The highest BCUT2D eigenvalue weighted by Crippen LogP contribution is 2.26. The minimum atomic E-state index is 0.565. The molecule has 0 unspecified atom stereocenters. The van der Waals surface area contributed by atoms with Crippen LogP contribution in [0.5, 0.6) is 0 Å². The highest BCUT2D eigenvalue weighted by molar-refractivity contribution is 5.53. The Hall–Kier alpha value is -1.87. The van der Waals surface area contributed by atoms with Crippen molar-refractivity contribution >= 4 is 5.69 Å². The molecule has 0 amide bonds. The van der Waals surface area contributed by atoms with E-state index < -0.39 is 0 Å². The zero-order valence-electron chi connectivity index (χ0n) is 10.3. The molecule has 18 heavy (non-hydrogen) atoms. The third kappa shape index (κ3) is 1.97. The molecule has 0 bridgehead atoms. The minimum Gasteiger partial charge on any atom is -0.365 e. The molecule has 3 nitrogen and oxygen atoms in total. The Morgan fingerprint density at radius 2 is 2.00 bits per heavy atom. The second kappa shape index (κ2) is 4.78. The van der Waals surface area contributed by atoms with Crippen molar-refractivity contribution in [3.63, 3.8) is 0 Å². The quantitative estimate of drug-likeness (QED) is 0.872. The zero-order chi connectivity index (χ0) is 12.4. The smallest absolute Gasteiger partial charge is 0.0601 e. The summed E-state index contributed by atoms with van der Waals surface area (Å²) in [6.45, 7) is 2.56. The first-order valence-electron chi connectivity index (χ1n) is 6.33.